The molecule has 3 aliphatic rings. The summed E-state index contributed by atoms with van der Waals surface area (Å²) >= 11 is 0. The Kier molecular flexibility index (Phi) is 10.2. The van der Waals surface area contributed by atoms with Gasteiger partial charge in [0.15, 0.2) is 17.0 Å². The number of rotatable bonds is 8. The van der Waals surface area contributed by atoms with E-state index in [1.165, 1.54) is 22.3 Å². The van der Waals surface area contributed by atoms with Crippen molar-refractivity contribution in [3.8, 4) is 11.1 Å². The van der Waals surface area contributed by atoms with Crippen LogP contribution in [0.5, 0.6) is 0 Å². The molecule has 16 heteroatoms. The third-order valence-electron chi connectivity index (χ3n) is 9.94. The number of anilines is 2. The van der Waals surface area contributed by atoms with Gasteiger partial charge in [0.25, 0.3) is 0 Å². The predicted octanol–water partition coefficient (Wildman–Crippen LogP) is 3.39. The van der Waals surface area contributed by atoms with Gasteiger partial charge in [0.2, 0.25) is 11.9 Å². The SMILES string of the molecule is CCC(=O)N[C@H]1C[C@@H](n2cnc3c(NCC4c5ccccc5-c5ccccc54)nc(N4CC[C@@H](N(C)C)C4)nc32)[C@H](O)[C@@H]1O.O=C(O)C(F)(F)F. The Labute approximate surface area is 292 Å². The summed E-state index contributed by atoms with van der Waals surface area (Å²) in [5.41, 5.74) is 6.30. The molecule has 0 bridgehead atoms. The fourth-order valence-electron chi connectivity index (χ4n) is 7.17. The lowest BCUT2D eigenvalue weighted by atomic mass is 9.97. The summed E-state index contributed by atoms with van der Waals surface area (Å²) in [5, 5.41) is 35.5. The van der Waals surface area contributed by atoms with Crippen LogP contribution in [-0.4, -0.2) is 116 Å². The van der Waals surface area contributed by atoms with Crippen molar-refractivity contribution in [2.75, 3.05) is 43.9 Å². The number of aliphatic hydroxyl groups excluding tert-OH is 2. The van der Waals surface area contributed by atoms with Gasteiger partial charge in [-0.1, -0.05) is 55.5 Å². The topological polar surface area (TPSA) is 169 Å². The number of nitrogens with one attached hydrogen (secondary N) is 2. The average Bonchev–Trinajstić information content (AvgIpc) is 3.89. The van der Waals surface area contributed by atoms with Gasteiger partial charge in [-0.25, -0.2) is 9.78 Å². The molecule has 2 aliphatic carbocycles. The van der Waals surface area contributed by atoms with Gasteiger partial charge in [-0.15, -0.1) is 0 Å². The number of halogens is 3. The van der Waals surface area contributed by atoms with E-state index >= 15 is 0 Å². The molecule has 51 heavy (non-hydrogen) atoms. The monoisotopic (exact) mass is 710 g/mol. The molecule has 1 saturated heterocycles. The van der Waals surface area contributed by atoms with Gasteiger partial charge in [-0.3, -0.25) is 4.79 Å². The molecule has 0 radical (unpaired) electrons. The Morgan fingerprint density at radius 1 is 1.00 bits per heavy atom. The van der Waals surface area contributed by atoms with E-state index in [1.54, 1.807) is 13.3 Å². The van der Waals surface area contributed by atoms with Crippen LogP contribution >= 0.6 is 0 Å². The van der Waals surface area contributed by atoms with Crippen LogP contribution in [0.25, 0.3) is 22.3 Å². The Morgan fingerprint density at radius 3 is 2.20 bits per heavy atom. The number of carboxylic acid groups (broad SMARTS) is 1. The van der Waals surface area contributed by atoms with Crippen LogP contribution in [0.3, 0.4) is 0 Å². The number of hydrogen-bond donors (Lipinski definition) is 5. The van der Waals surface area contributed by atoms with E-state index in [9.17, 15) is 28.2 Å². The summed E-state index contributed by atoms with van der Waals surface area (Å²) in [6.45, 7) is 4.04. The number of carboxylic acids is 1. The third-order valence-corrected chi connectivity index (χ3v) is 9.94. The zero-order valence-electron chi connectivity index (χ0n) is 28.4. The minimum absolute atomic E-state index is 0.151. The summed E-state index contributed by atoms with van der Waals surface area (Å²) < 4.78 is 33.6. The van der Waals surface area contributed by atoms with Crippen molar-refractivity contribution < 1.29 is 38.1 Å². The van der Waals surface area contributed by atoms with Gasteiger partial charge in [0, 0.05) is 38.0 Å². The zero-order valence-corrected chi connectivity index (χ0v) is 28.4. The molecule has 5 atom stereocenters. The lowest BCUT2D eigenvalue weighted by Crippen LogP contribution is -2.42. The Bertz CT molecular complexity index is 1860. The highest BCUT2D eigenvalue weighted by Crippen LogP contribution is 2.44. The third kappa shape index (κ3) is 7.21. The Hall–Kier alpha value is -4.80. The number of fused-ring (bicyclic) bond motifs is 4. The number of carbonyl (C=O) groups is 2. The number of aliphatic hydroxyl groups is 2. The summed E-state index contributed by atoms with van der Waals surface area (Å²) in [5.74, 6) is -1.51. The Balaban J connectivity index is 0.000000582. The maximum atomic E-state index is 12.1. The number of hydrogen-bond acceptors (Lipinski definition) is 10. The summed E-state index contributed by atoms with van der Waals surface area (Å²) in [7, 11) is 4.19. The van der Waals surface area contributed by atoms with Crippen LogP contribution in [-0.2, 0) is 9.59 Å². The lowest BCUT2D eigenvalue weighted by Gasteiger charge is -2.22. The maximum absolute atomic E-state index is 12.1. The van der Waals surface area contributed by atoms with Gasteiger partial charge in [-0.2, -0.15) is 23.1 Å². The second-order valence-corrected chi connectivity index (χ2v) is 13.3. The molecule has 3 heterocycles. The number of aromatic nitrogens is 4. The summed E-state index contributed by atoms with van der Waals surface area (Å²) in [6, 6.07) is 16.5. The minimum Gasteiger partial charge on any atom is -0.475 e. The fraction of sp³-hybridized carbons (Fsp3) is 0.457. The molecule has 1 aliphatic heterocycles. The van der Waals surface area contributed by atoms with E-state index in [0.717, 1.165) is 19.5 Å². The second kappa shape index (κ2) is 14.4. The van der Waals surface area contributed by atoms with Crippen LogP contribution in [0, 0.1) is 0 Å². The van der Waals surface area contributed by atoms with Gasteiger partial charge in [0.05, 0.1) is 18.4 Å². The molecule has 2 aromatic heterocycles. The quantitative estimate of drug-likeness (QED) is 0.182. The van der Waals surface area contributed by atoms with Crippen molar-refractivity contribution in [3.05, 3.63) is 66.0 Å². The van der Waals surface area contributed by atoms with Crippen molar-refractivity contribution in [2.45, 2.75) is 68.6 Å². The first-order valence-corrected chi connectivity index (χ1v) is 16.8. The number of amides is 1. The molecule has 13 nitrogen and oxygen atoms in total. The van der Waals surface area contributed by atoms with Gasteiger partial charge in [-0.05, 0) is 49.2 Å². The molecule has 4 aromatic rings. The first-order chi connectivity index (χ1) is 24.3. The first kappa shape index (κ1) is 36.0. The van der Waals surface area contributed by atoms with Gasteiger partial charge >= 0.3 is 12.1 Å². The van der Waals surface area contributed by atoms with Crippen LogP contribution in [0.4, 0.5) is 24.9 Å². The van der Waals surface area contributed by atoms with Crippen LogP contribution in [0.2, 0.25) is 0 Å². The zero-order chi connectivity index (χ0) is 36.6. The van der Waals surface area contributed by atoms with E-state index in [4.69, 9.17) is 24.9 Å². The standard InChI is InChI=1S/C33H40N8O3.C2HF3O2/c1-4-27(42)36-25-15-26(30(44)29(25)43)41-18-35-28-31(37-33(38-32(28)41)40-14-13-19(17-40)39(2)3)34-16-24-22-11-7-5-9-20(22)21-10-6-8-12-23(21)24;3-2(4,5)1(6)7/h5-12,18-19,24-26,29-30,43-44H,4,13-17H2,1-3H3,(H,36,42)(H,34,37,38);(H,6,7)/t19-,25+,26-,29-,30+;/m1./s1. The predicted molar refractivity (Wildman–Crippen MR) is 183 cm³/mol. The molecule has 2 aromatic carbocycles. The average molecular weight is 711 g/mol. The van der Waals surface area contributed by atoms with Crippen molar-refractivity contribution in [1.82, 2.24) is 29.7 Å². The molecule has 5 N–H and O–H groups in total. The summed E-state index contributed by atoms with van der Waals surface area (Å²) in [6.07, 6.45) is -3.90. The van der Waals surface area contributed by atoms with Crippen molar-refractivity contribution in [1.29, 1.82) is 0 Å². The molecule has 1 saturated carbocycles. The highest BCUT2D eigenvalue weighted by atomic mass is 19.4. The molecule has 7 rings (SSSR count). The van der Waals surface area contributed by atoms with Gasteiger partial charge < -0.3 is 40.3 Å². The first-order valence-electron chi connectivity index (χ1n) is 16.8. The van der Waals surface area contributed by atoms with Crippen LogP contribution in [0.1, 0.15) is 49.3 Å². The van der Waals surface area contributed by atoms with Crippen LogP contribution in [0.15, 0.2) is 54.9 Å². The number of alkyl halides is 3. The highest BCUT2D eigenvalue weighted by Gasteiger charge is 2.44. The molecular weight excluding hydrogens is 669 g/mol. The fourth-order valence-corrected chi connectivity index (χ4v) is 7.17. The number of aliphatic carboxylic acids is 1. The lowest BCUT2D eigenvalue weighted by molar-refractivity contribution is -0.192. The second-order valence-electron chi connectivity index (χ2n) is 13.3. The Morgan fingerprint density at radius 2 is 1.63 bits per heavy atom. The maximum Gasteiger partial charge on any atom is 0.490 e. The highest BCUT2D eigenvalue weighted by molar-refractivity contribution is 5.85. The molecular formula is C35H41F3N8O5. The number of benzene rings is 2. The van der Waals surface area contributed by atoms with Gasteiger partial charge in [0.1, 0.15) is 12.2 Å². The van der Waals surface area contributed by atoms with Crippen molar-refractivity contribution in [3.63, 3.8) is 0 Å². The van der Waals surface area contributed by atoms with E-state index in [1.807, 2.05) is 4.57 Å². The van der Waals surface area contributed by atoms with Crippen LogP contribution < -0.4 is 15.5 Å². The molecule has 0 unspecified atom stereocenters. The van der Waals surface area contributed by atoms with Crippen molar-refractivity contribution >= 4 is 34.8 Å². The summed E-state index contributed by atoms with van der Waals surface area (Å²) in [4.78, 5) is 40.2. The van der Waals surface area contributed by atoms with E-state index in [-0.39, 0.29) is 11.8 Å². The molecule has 1 amide bonds. The smallest absolute Gasteiger partial charge is 0.475 e. The van der Waals surface area contributed by atoms with E-state index in [2.05, 4.69) is 83.1 Å². The number of imidazole rings is 1. The minimum atomic E-state index is -5.08. The van der Waals surface area contributed by atoms with E-state index in [0.29, 0.717) is 48.4 Å². The number of nitrogens with zero attached hydrogens (tertiary/aromatic N) is 6. The normalized spacial score (nSPS) is 22.8. The van der Waals surface area contributed by atoms with Crippen molar-refractivity contribution in [2.24, 2.45) is 0 Å². The molecule has 272 valence electrons. The number of carbonyl (C=O) groups excluding carboxylic acids is 1. The van der Waals surface area contributed by atoms with E-state index < -0.39 is 36.4 Å². The molecule has 2 fully saturated rings. The number of likely N-dealkylation sites (N-methyl/N-ethyl adjacent to an activating group) is 1. The molecule has 0 spiro atoms. The largest absolute Gasteiger partial charge is 0.490 e.